The molecule has 4 rings (SSSR count). The number of benzene rings is 3. The van der Waals surface area contributed by atoms with Gasteiger partial charge >= 0.3 is 5.97 Å². The van der Waals surface area contributed by atoms with Crippen LogP contribution in [0.5, 0.6) is 23.0 Å². The van der Waals surface area contributed by atoms with Crippen molar-refractivity contribution in [3.8, 4) is 45.8 Å². The third-order valence-corrected chi connectivity index (χ3v) is 4.73. The summed E-state index contributed by atoms with van der Waals surface area (Å²) in [5.74, 6) is -0.985. The van der Waals surface area contributed by atoms with Gasteiger partial charge < -0.3 is 30.5 Å². The van der Waals surface area contributed by atoms with Crippen molar-refractivity contribution in [2.75, 3.05) is 11.9 Å². The van der Waals surface area contributed by atoms with E-state index in [1.807, 2.05) is 0 Å². The fourth-order valence-electron chi connectivity index (χ4n) is 3.12. The zero-order valence-corrected chi connectivity index (χ0v) is 17.9. The van der Waals surface area contributed by atoms with Crippen LogP contribution in [-0.2, 0) is 4.74 Å². The molecule has 1 aromatic heterocycles. The monoisotopic (exact) mass is 460 g/mol. The van der Waals surface area contributed by atoms with Crippen LogP contribution in [0, 0.1) is 0 Å². The zero-order chi connectivity index (χ0) is 24.2. The van der Waals surface area contributed by atoms with Gasteiger partial charge in [-0.2, -0.15) is 9.97 Å². The summed E-state index contributed by atoms with van der Waals surface area (Å²) in [6.45, 7) is 1.99. The minimum atomic E-state index is -0.440. The Morgan fingerprint density at radius 1 is 0.794 bits per heavy atom. The van der Waals surface area contributed by atoms with Crippen LogP contribution < -0.4 is 5.32 Å². The van der Waals surface area contributed by atoms with Gasteiger partial charge in [0.15, 0.2) is 11.6 Å². The van der Waals surface area contributed by atoms with Gasteiger partial charge in [-0.25, -0.2) is 9.78 Å². The molecule has 0 atom stereocenters. The minimum absolute atomic E-state index is 0.0700. The molecular formula is C24H20N4O6. The molecule has 0 aliphatic heterocycles. The fraction of sp³-hybridized carbons (Fsp3) is 0.0833. The average molecular weight is 460 g/mol. The van der Waals surface area contributed by atoms with Crippen LogP contribution in [0.3, 0.4) is 0 Å². The van der Waals surface area contributed by atoms with Crippen molar-refractivity contribution in [1.82, 2.24) is 15.0 Å². The first-order chi connectivity index (χ1) is 16.3. The van der Waals surface area contributed by atoms with Crippen LogP contribution >= 0.6 is 0 Å². The summed E-state index contributed by atoms with van der Waals surface area (Å²) in [6, 6.07) is 14.4. The second-order valence-corrected chi connectivity index (χ2v) is 7.13. The van der Waals surface area contributed by atoms with E-state index in [-0.39, 0.29) is 58.3 Å². The number of phenolic OH excluding ortho intramolecular Hbond substituents is 4. The lowest BCUT2D eigenvalue weighted by molar-refractivity contribution is 0.0526. The Morgan fingerprint density at radius 3 is 1.79 bits per heavy atom. The molecule has 0 amide bonds. The number of hydrogen-bond donors (Lipinski definition) is 5. The fourth-order valence-corrected chi connectivity index (χ4v) is 3.12. The van der Waals surface area contributed by atoms with Crippen molar-refractivity contribution < 1.29 is 30.0 Å². The molecule has 10 heteroatoms. The summed E-state index contributed by atoms with van der Waals surface area (Å²) in [4.78, 5) is 24.9. The lowest BCUT2D eigenvalue weighted by Gasteiger charge is -2.11. The molecule has 0 spiro atoms. The average Bonchev–Trinajstić information content (AvgIpc) is 2.79. The van der Waals surface area contributed by atoms with Crippen LogP contribution in [0.25, 0.3) is 22.8 Å². The molecule has 0 radical (unpaired) electrons. The van der Waals surface area contributed by atoms with Crippen molar-refractivity contribution in [3.63, 3.8) is 0 Å². The third-order valence-electron chi connectivity index (χ3n) is 4.73. The molecular weight excluding hydrogens is 440 g/mol. The Labute approximate surface area is 193 Å². The van der Waals surface area contributed by atoms with E-state index < -0.39 is 5.97 Å². The lowest BCUT2D eigenvalue weighted by atomic mass is 10.1. The molecule has 5 N–H and O–H groups in total. The topological polar surface area (TPSA) is 158 Å². The minimum Gasteiger partial charge on any atom is -0.508 e. The van der Waals surface area contributed by atoms with Gasteiger partial charge in [-0.1, -0.05) is 0 Å². The SMILES string of the molecule is CCOC(=O)c1ccc(Nc2nc(-c3ccc(O)cc3O)nc(-c3ccc(O)cc3O)n2)cc1. The molecule has 0 aliphatic rings. The molecule has 10 nitrogen and oxygen atoms in total. The van der Waals surface area contributed by atoms with E-state index in [9.17, 15) is 25.2 Å². The number of anilines is 2. The Kier molecular flexibility index (Phi) is 6.13. The van der Waals surface area contributed by atoms with Crippen molar-refractivity contribution in [2.45, 2.75) is 6.92 Å². The van der Waals surface area contributed by atoms with Gasteiger partial charge in [-0.15, -0.1) is 0 Å². The first kappa shape index (κ1) is 22.3. The van der Waals surface area contributed by atoms with E-state index in [0.29, 0.717) is 11.3 Å². The Bertz CT molecular complexity index is 1290. The van der Waals surface area contributed by atoms with Gasteiger partial charge in [0.2, 0.25) is 5.95 Å². The quantitative estimate of drug-likeness (QED) is 0.267. The van der Waals surface area contributed by atoms with Crippen LogP contribution in [0.2, 0.25) is 0 Å². The second kappa shape index (κ2) is 9.33. The predicted molar refractivity (Wildman–Crippen MR) is 123 cm³/mol. The number of nitrogens with one attached hydrogen (secondary N) is 1. The normalized spacial score (nSPS) is 10.6. The molecule has 3 aromatic carbocycles. The molecule has 0 saturated heterocycles. The second-order valence-electron chi connectivity index (χ2n) is 7.13. The summed E-state index contributed by atoms with van der Waals surface area (Å²) >= 11 is 0. The predicted octanol–water partition coefficient (Wildman–Crippen LogP) is 3.95. The Morgan fingerprint density at radius 2 is 1.32 bits per heavy atom. The number of rotatable bonds is 6. The van der Waals surface area contributed by atoms with Crippen LogP contribution in [0.4, 0.5) is 11.6 Å². The highest BCUT2D eigenvalue weighted by molar-refractivity contribution is 5.89. The number of aromatic nitrogens is 3. The summed E-state index contributed by atoms with van der Waals surface area (Å²) in [5, 5.41) is 42.8. The van der Waals surface area contributed by atoms with Gasteiger partial charge in [0.05, 0.1) is 23.3 Å². The smallest absolute Gasteiger partial charge is 0.338 e. The van der Waals surface area contributed by atoms with Crippen molar-refractivity contribution in [2.24, 2.45) is 0 Å². The molecule has 34 heavy (non-hydrogen) atoms. The van der Waals surface area contributed by atoms with E-state index in [4.69, 9.17) is 4.74 Å². The van der Waals surface area contributed by atoms with E-state index in [2.05, 4.69) is 20.3 Å². The van der Waals surface area contributed by atoms with Gasteiger partial charge in [-0.05, 0) is 55.5 Å². The summed E-state index contributed by atoms with van der Waals surface area (Å²) < 4.78 is 4.98. The van der Waals surface area contributed by atoms with Gasteiger partial charge in [0.1, 0.15) is 23.0 Å². The maximum Gasteiger partial charge on any atom is 0.338 e. The van der Waals surface area contributed by atoms with E-state index in [0.717, 1.165) is 12.1 Å². The number of esters is 1. The number of phenols is 4. The molecule has 0 unspecified atom stereocenters. The number of carbonyl (C=O) groups is 1. The van der Waals surface area contributed by atoms with Crippen molar-refractivity contribution >= 4 is 17.6 Å². The molecule has 0 aliphatic carbocycles. The molecule has 0 saturated carbocycles. The summed E-state index contributed by atoms with van der Waals surface area (Å²) in [5.41, 5.74) is 1.38. The van der Waals surface area contributed by atoms with E-state index in [1.54, 1.807) is 31.2 Å². The van der Waals surface area contributed by atoms with Gasteiger partial charge in [0, 0.05) is 17.8 Å². The number of carbonyl (C=O) groups excluding carboxylic acids is 1. The number of ether oxygens (including phenoxy) is 1. The summed E-state index contributed by atoms with van der Waals surface area (Å²) in [6.07, 6.45) is 0. The van der Waals surface area contributed by atoms with Crippen molar-refractivity contribution in [3.05, 3.63) is 66.2 Å². The third kappa shape index (κ3) is 4.80. The van der Waals surface area contributed by atoms with Crippen LogP contribution in [0.15, 0.2) is 60.7 Å². The number of nitrogens with zero attached hydrogens (tertiary/aromatic N) is 3. The first-order valence-corrected chi connectivity index (χ1v) is 10.2. The standard InChI is InChI=1S/C24H20N4O6/c1-2-34-23(33)13-3-5-14(6-4-13)25-24-27-21(17-9-7-15(29)11-19(17)31)26-22(28-24)18-10-8-16(30)12-20(18)32/h3-12,29-32H,2H2,1H3,(H,25,26,27,28). The zero-order valence-electron chi connectivity index (χ0n) is 17.9. The Hall–Kier alpha value is -4.86. The maximum absolute atomic E-state index is 11.9. The number of hydrogen-bond acceptors (Lipinski definition) is 10. The summed E-state index contributed by atoms with van der Waals surface area (Å²) in [7, 11) is 0. The lowest BCUT2D eigenvalue weighted by Crippen LogP contribution is -2.05. The highest BCUT2D eigenvalue weighted by atomic mass is 16.5. The van der Waals surface area contributed by atoms with E-state index >= 15 is 0 Å². The molecule has 0 fully saturated rings. The maximum atomic E-state index is 11.9. The van der Waals surface area contributed by atoms with Gasteiger partial charge in [-0.3, -0.25) is 0 Å². The molecule has 4 aromatic rings. The molecule has 0 bridgehead atoms. The highest BCUT2D eigenvalue weighted by Crippen LogP contribution is 2.34. The molecule has 172 valence electrons. The number of aromatic hydroxyl groups is 4. The first-order valence-electron chi connectivity index (χ1n) is 10.2. The Balaban J connectivity index is 1.76. The van der Waals surface area contributed by atoms with Crippen LogP contribution in [-0.4, -0.2) is 48.0 Å². The largest absolute Gasteiger partial charge is 0.508 e. The van der Waals surface area contributed by atoms with Gasteiger partial charge in [0.25, 0.3) is 0 Å². The van der Waals surface area contributed by atoms with E-state index in [1.165, 1.54) is 24.3 Å². The highest BCUT2D eigenvalue weighted by Gasteiger charge is 2.16. The van der Waals surface area contributed by atoms with Crippen molar-refractivity contribution in [1.29, 1.82) is 0 Å². The molecule has 1 heterocycles. The van der Waals surface area contributed by atoms with Crippen LogP contribution in [0.1, 0.15) is 17.3 Å².